The van der Waals surface area contributed by atoms with Crippen LogP contribution in [0.5, 0.6) is 0 Å². The summed E-state index contributed by atoms with van der Waals surface area (Å²) in [6.07, 6.45) is 6.27. The summed E-state index contributed by atoms with van der Waals surface area (Å²) in [4.78, 5) is 0. The van der Waals surface area contributed by atoms with E-state index in [1.807, 2.05) is 33.8 Å². The van der Waals surface area contributed by atoms with E-state index in [1.54, 1.807) is 0 Å². The van der Waals surface area contributed by atoms with Crippen LogP contribution in [0.4, 0.5) is 0 Å². The van der Waals surface area contributed by atoms with Gasteiger partial charge in [-0.15, -0.1) is 0 Å². The van der Waals surface area contributed by atoms with Crippen LogP contribution in [0.3, 0.4) is 0 Å². The van der Waals surface area contributed by atoms with E-state index in [4.69, 9.17) is 0 Å². The zero-order valence-electron chi connectivity index (χ0n) is 9.96. The molecule has 0 aliphatic rings. The molecule has 0 rings (SSSR count). The Hall–Kier alpha value is -0.150. The first-order chi connectivity index (χ1) is 6.38. The molecule has 0 spiro atoms. The predicted molar refractivity (Wildman–Crippen MR) is 64.5 cm³/mol. The number of allylic oxidation sites excluding steroid dienone is 2. The van der Waals surface area contributed by atoms with Crippen LogP contribution in [0, 0.1) is 0 Å². The number of rotatable bonds is 5. The topological polar surface area (TPSA) is 29.1 Å². The zero-order chi connectivity index (χ0) is 11.2. The van der Waals surface area contributed by atoms with Gasteiger partial charge in [0, 0.05) is 6.04 Å². The Morgan fingerprint density at radius 3 is 2.43 bits per heavy atom. The average molecular weight is 217 g/mol. The molecule has 0 unspecified atom stereocenters. The molecule has 0 bridgehead atoms. The summed E-state index contributed by atoms with van der Waals surface area (Å²) < 4.78 is 14.6. The van der Waals surface area contributed by atoms with Crippen molar-refractivity contribution in [2.45, 2.75) is 58.2 Å². The Balaban J connectivity index is 3.83. The van der Waals surface area contributed by atoms with Crippen LogP contribution < -0.4 is 4.72 Å². The monoisotopic (exact) mass is 217 g/mol. The predicted octanol–water partition coefficient (Wildman–Crippen LogP) is 2.78. The van der Waals surface area contributed by atoms with E-state index in [1.165, 1.54) is 0 Å². The fourth-order valence-corrected chi connectivity index (χ4v) is 1.77. The van der Waals surface area contributed by atoms with Crippen LogP contribution in [0.15, 0.2) is 12.2 Å². The zero-order valence-corrected chi connectivity index (χ0v) is 10.8. The van der Waals surface area contributed by atoms with Crippen molar-refractivity contribution in [1.82, 2.24) is 4.72 Å². The van der Waals surface area contributed by atoms with Crippen molar-refractivity contribution in [2.75, 3.05) is 0 Å². The number of hydrogen-bond acceptors (Lipinski definition) is 1. The third-order valence-electron chi connectivity index (χ3n) is 1.87. The van der Waals surface area contributed by atoms with Crippen molar-refractivity contribution in [2.24, 2.45) is 0 Å². The molecule has 2 atom stereocenters. The van der Waals surface area contributed by atoms with Crippen molar-refractivity contribution < 1.29 is 4.21 Å². The van der Waals surface area contributed by atoms with E-state index in [9.17, 15) is 4.21 Å². The van der Waals surface area contributed by atoms with Crippen molar-refractivity contribution in [1.29, 1.82) is 0 Å². The lowest BCUT2D eigenvalue weighted by atomic mass is 10.2. The molecule has 14 heavy (non-hydrogen) atoms. The van der Waals surface area contributed by atoms with E-state index in [0.29, 0.717) is 6.04 Å². The Morgan fingerprint density at radius 2 is 2.00 bits per heavy atom. The molecule has 0 aromatic heterocycles. The largest absolute Gasteiger partial charge is 0.242 e. The molecule has 0 aliphatic carbocycles. The standard InChI is InChI=1S/C11H23NOS/c1-6-7-8-9-10(2)12-14(13)11(3,4)5/h6-7,10,12H,8-9H2,1-5H3/b7-6-/t10-,14+/m0/s1. The molecule has 0 aromatic carbocycles. The molecule has 0 saturated carbocycles. The molecule has 1 N–H and O–H groups in total. The highest BCUT2D eigenvalue weighted by molar-refractivity contribution is 7.84. The van der Waals surface area contributed by atoms with Crippen molar-refractivity contribution in [3.05, 3.63) is 12.2 Å². The molecule has 0 amide bonds. The SMILES string of the molecule is C/C=C\CC[C@H](C)N[S@](=O)C(C)(C)C. The summed E-state index contributed by atoms with van der Waals surface area (Å²) in [6, 6.07) is 0.311. The minimum atomic E-state index is -0.947. The van der Waals surface area contributed by atoms with E-state index >= 15 is 0 Å². The molecular formula is C11H23NOS. The Morgan fingerprint density at radius 1 is 1.43 bits per heavy atom. The van der Waals surface area contributed by atoms with Gasteiger partial charge in [0.1, 0.15) is 0 Å². The van der Waals surface area contributed by atoms with Gasteiger partial charge in [-0.2, -0.15) is 0 Å². The second-order valence-corrected chi connectivity index (χ2v) is 6.54. The van der Waals surface area contributed by atoms with Crippen LogP contribution in [0.2, 0.25) is 0 Å². The van der Waals surface area contributed by atoms with Gasteiger partial charge in [0.25, 0.3) is 0 Å². The second-order valence-electron chi connectivity index (χ2n) is 4.55. The van der Waals surface area contributed by atoms with Gasteiger partial charge in [-0.3, -0.25) is 0 Å². The normalized spacial score (nSPS) is 17.2. The highest BCUT2D eigenvalue weighted by atomic mass is 32.2. The van der Waals surface area contributed by atoms with Gasteiger partial charge in [-0.1, -0.05) is 12.2 Å². The first kappa shape index (κ1) is 13.8. The Labute approximate surface area is 90.8 Å². The molecular weight excluding hydrogens is 194 g/mol. The summed E-state index contributed by atoms with van der Waals surface area (Å²) in [5, 5.41) is 0. The van der Waals surface area contributed by atoms with Gasteiger partial charge in [-0.25, -0.2) is 8.93 Å². The number of nitrogens with one attached hydrogen (secondary N) is 1. The van der Waals surface area contributed by atoms with Crippen molar-refractivity contribution in [3.8, 4) is 0 Å². The lowest BCUT2D eigenvalue weighted by Crippen LogP contribution is -2.38. The summed E-state index contributed by atoms with van der Waals surface area (Å²) in [5.41, 5.74) is 0. The molecule has 0 fully saturated rings. The lowest BCUT2D eigenvalue weighted by Gasteiger charge is -2.21. The van der Waals surface area contributed by atoms with Crippen LogP contribution in [-0.2, 0) is 11.0 Å². The molecule has 3 heteroatoms. The Bertz CT molecular complexity index is 206. The molecule has 0 radical (unpaired) electrons. The fraction of sp³-hybridized carbons (Fsp3) is 0.818. The van der Waals surface area contributed by atoms with Crippen molar-refractivity contribution in [3.63, 3.8) is 0 Å². The highest BCUT2D eigenvalue weighted by Crippen LogP contribution is 2.10. The first-order valence-corrected chi connectivity index (χ1v) is 6.32. The number of hydrogen-bond donors (Lipinski definition) is 1. The smallest absolute Gasteiger partial charge is 0.0972 e. The van der Waals surface area contributed by atoms with Crippen LogP contribution in [-0.4, -0.2) is 15.0 Å². The quantitative estimate of drug-likeness (QED) is 0.705. The highest BCUT2D eigenvalue weighted by Gasteiger charge is 2.20. The van der Waals surface area contributed by atoms with Crippen LogP contribution in [0.1, 0.15) is 47.5 Å². The maximum atomic E-state index is 11.7. The maximum Gasteiger partial charge on any atom is 0.0972 e. The summed E-state index contributed by atoms with van der Waals surface area (Å²) in [7, 11) is -0.947. The summed E-state index contributed by atoms with van der Waals surface area (Å²) in [6.45, 7) is 10.0. The van der Waals surface area contributed by atoms with Gasteiger partial charge in [-0.05, 0) is 47.5 Å². The molecule has 0 heterocycles. The molecule has 0 aromatic rings. The van der Waals surface area contributed by atoms with Gasteiger partial charge in [0.2, 0.25) is 0 Å². The minimum absolute atomic E-state index is 0.172. The van der Waals surface area contributed by atoms with Gasteiger partial charge >= 0.3 is 0 Å². The van der Waals surface area contributed by atoms with Crippen molar-refractivity contribution >= 4 is 11.0 Å². The molecule has 2 nitrogen and oxygen atoms in total. The third kappa shape index (κ3) is 6.33. The van der Waals surface area contributed by atoms with Gasteiger partial charge in [0.15, 0.2) is 0 Å². The average Bonchev–Trinajstić information content (AvgIpc) is 2.03. The lowest BCUT2D eigenvalue weighted by molar-refractivity contribution is 0.585. The van der Waals surface area contributed by atoms with E-state index in [-0.39, 0.29) is 4.75 Å². The van der Waals surface area contributed by atoms with Gasteiger partial charge in [0.05, 0.1) is 15.7 Å². The minimum Gasteiger partial charge on any atom is -0.242 e. The Kier molecular flexibility index (Phi) is 6.29. The fourth-order valence-electron chi connectivity index (χ4n) is 0.931. The summed E-state index contributed by atoms with van der Waals surface area (Å²) >= 11 is 0. The van der Waals surface area contributed by atoms with E-state index in [2.05, 4.69) is 17.7 Å². The van der Waals surface area contributed by atoms with E-state index < -0.39 is 11.0 Å². The van der Waals surface area contributed by atoms with Gasteiger partial charge < -0.3 is 0 Å². The second kappa shape index (κ2) is 6.36. The molecule has 84 valence electrons. The maximum absolute atomic E-state index is 11.7. The third-order valence-corrected chi connectivity index (χ3v) is 3.60. The van der Waals surface area contributed by atoms with Crippen LogP contribution in [0.25, 0.3) is 0 Å². The molecule has 0 saturated heterocycles. The summed E-state index contributed by atoms with van der Waals surface area (Å²) in [5.74, 6) is 0. The molecule has 0 aliphatic heterocycles. The van der Waals surface area contributed by atoms with E-state index in [0.717, 1.165) is 12.8 Å². The first-order valence-electron chi connectivity index (χ1n) is 5.17. The van der Waals surface area contributed by atoms with Crippen LogP contribution >= 0.6 is 0 Å².